The second-order valence-corrected chi connectivity index (χ2v) is 4.69. The quantitative estimate of drug-likeness (QED) is 0.848. The van der Waals surface area contributed by atoms with Crippen molar-refractivity contribution < 1.29 is 9.84 Å². The van der Waals surface area contributed by atoms with Gasteiger partial charge >= 0.3 is 0 Å². The molecule has 1 heterocycles. The number of anilines is 1. The average molecular weight is 272 g/mol. The van der Waals surface area contributed by atoms with Crippen LogP contribution in [0.1, 0.15) is 30.6 Å². The normalized spacial score (nSPS) is 12.1. The third-order valence-electron chi connectivity index (χ3n) is 3.06. The van der Waals surface area contributed by atoms with E-state index < -0.39 is 6.10 Å². The number of rotatable bonds is 6. The van der Waals surface area contributed by atoms with Crippen molar-refractivity contribution in [2.45, 2.75) is 25.9 Å². The largest absolute Gasteiger partial charge is 0.494 e. The monoisotopic (exact) mass is 272 g/mol. The van der Waals surface area contributed by atoms with Crippen LogP contribution in [0.2, 0.25) is 0 Å². The molecule has 0 fully saturated rings. The lowest BCUT2D eigenvalue weighted by atomic mass is 10.0. The van der Waals surface area contributed by atoms with Gasteiger partial charge in [0.2, 0.25) is 0 Å². The predicted octanol–water partition coefficient (Wildman–Crippen LogP) is 2.73. The Hall–Kier alpha value is -2.07. The zero-order valence-electron chi connectivity index (χ0n) is 11.6. The Morgan fingerprint density at radius 1 is 1.30 bits per heavy atom. The lowest BCUT2D eigenvalue weighted by Crippen LogP contribution is -2.06. The van der Waals surface area contributed by atoms with Crippen molar-refractivity contribution in [2.24, 2.45) is 0 Å². The lowest BCUT2D eigenvalue weighted by molar-refractivity contribution is 0.178. The number of hydrogen-bond donors (Lipinski definition) is 2. The molecule has 0 saturated carbocycles. The van der Waals surface area contributed by atoms with Crippen LogP contribution in [0.4, 0.5) is 5.82 Å². The zero-order valence-corrected chi connectivity index (χ0v) is 11.6. The van der Waals surface area contributed by atoms with Gasteiger partial charge in [-0.1, -0.05) is 25.1 Å². The molecule has 20 heavy (non-hydrogen) atoms. The number of pyridine rings is 1. The summed E-state index contributed by atoms with van der Waals surface area (Å²) < 4.78 is 5.57. The summed E-state index contributed by atoms with van der Waals surface area (Å²) in [5.41, 5.74) is 7.46. The Bertz CT molecular complexity index is 558. The maximum absolute atomic E-state index is 10.3. The smallest absolute Gasteiger partial charge is 0.126 e. The van der Waals surface area contributed by atoms with Crippen molar-refractivity contribution in [3.63, 3.8) is 0 Å². The van der Waals surface area contributed by atoms with Gasteiger partial charge < -0.3 is 15.6 Å². The topological polar surface area (TPSA) is 68.4 Å². The molecule has 0 saturated heterocycles. The molecule has 0 aliphatic carbocycles. The molecule has 1 unspecified atom stereocenters. The summed E-state index contributed by atoms with van der Waals surface area (Å²) in [7, 11) is 0. The van der Waals surface area contributed by atoms with Crippen molar-refractivity contribution in [3.8, 4) is 5.75 Å². The first-order valence-corrected chi connectivity index (χ1v) is 6.81. The number of aromatic nitrogens is 1. The van der Waals surface area contributed by atoms with Crippen molar-refractivity contribution in [1.29, 1.82) is 0 Å². The van der Waals surface area contributed by atoms with Crippen LogP contribution in [0.5, 0.6) is 5.75 Å². The number of nitrogens with two attached hydrogens (primary N) is 1. The zero-order chi connectivity index (χ0) is 14.4. The first kappa shape index (κ1) is 14.3. The Morgan fingerprint density at radius 2 is 2.15 bits per heavy atom. The predicted molar refractivity (Wildman–Crippen MR) is 79.5 cm³/mol. The molecule has 1 aromatic heterocycles. The Morgan fingerprint density at radius 3 is 2.90 bits per heavy atom. The Labute approximate surface area is 119 Å². The van der Waals surface area contributed by atoms with Crippen molar-refractivity contribution in [3.05, 3.63) is 53.7 Å². The summed E-state index contributed by atoms with van der Waals surface area (Å²) in [6, 6.07) is 11.2. The van der Waals surface area contributed by atoms with E-state index in [-0.39, 0.29) is 0 Å². The molecule has 2 aromatic rings. The van der Waals surface area contributed by atoms with E-state index in [9.17, 15) is 5.11 Å². The standard InChI is InChI=1S/C16H20N2O2/c1-2-9-20-14-7-3-5-12(10-14)15(19)11-13-6-4-8-18-16(13)17/h3-8,10,15,19H,2,9,11H2,1H3,(H2,17,18). The highest BCUT2D eigenvalue weighted by atomic mass is 16.5. The van der Waals surface area contributed by atoms with E-state index >= 15 is 0 Å². The minimum absolute atomic E-state index is 0.441. The number of hydrogen-bond acceptors (Lipinski definition) is 4. The molecule has 1 atom stereocenters. The third-order valence-corrected chi connectivity index (χ3v) is 3.06. The fourth-order valence-electron chi connectivity index (χ4n) is 1.98. The molecule has 1 aromatic carbocycles. The summed E-state index contributed by atoms with van der Waals surface area (Å²) >= 11 is 0. The van der Waals surface area contributed by atoms with Crippen molar-refractivity contribution >= 4 is 5.82 Å². The van der Waals surface area contributed by atoms with Gasteiger partial charge in [0.15, 0.2) is 0 Å². The van der Waals surface area contributed by atoms with Crippen LogP contribution in [0.25, 0.3) is 0 Å². The van der Waals surface area contributed by atoms with Crippen LogP contribution < -0.4 is 10.5 Å². The number of nitrogens with zero attached hydrogens (tertiary/aromatic N) is 1. The molecule has 0 radical (unpaired) electrons. The molecule has 2 rings (SSSR count). The highest BCUT2D eigenvalue weighted by molar-refractivity contribution is 5.40. The molecule has 4 nitrogen and oxygen atoms in total. The van der Waals surface area contributed by atoms with Crippen LogP contribution in [-0.4, -0.2) is 16.7 Å². The van der Waals surface area contributed by atoms with E-state index in [1.54, 1.807) is 6.20 Å². The molecule has 3 N–H and O–H groups in total. The van der Waals surface area contributed by atoms with E-state index in [1.165, 1.54) is 0 Å². The maximum Gasteiger partial charge on any atom is 0.126 e. The number of aliphatic hydroxyl groups excluding tert-OH is 1. The molecule has 4 heteroatoms. The first-order chi connectivity index (χ1) is 9.70. The number of ether oxygens (including phenoxy) is 1. The van der Waals surface area contributed by atoms with E-state index in [4.69, 9.17) is 10.5 Å². The van der Waals surface area contributed by atoms with E-state index in [0.29, 0.717) is 18.8 Å². The van der Waals surface area contributed by atoms with E-state index in [1.807, 2.05) is 36.4 Å². The maximum atomic E-state index is 10.3. The van der Waals surface area contributed by atoms with Crippen molar-refractivity contribution in [1.82, 2.24) is 4.98 Å². The Kier molecular flexibility index (Phi) is 4.96. The second-order valence-electron chi connectivity index (χ2n) is 4.69. The summed E-state index contributed by atoms with van der Waals surface area (Å²) in [6.07, 6.45) is 2.42. The van der Waals surface area contributed by atoms with Gasteiger partial charge in [-0.2, -0.15) is 0 Å². The molecule has 0 aliphatic heterocycles. The number of aliphatic hydroxyl groups is 1. The molecule has 106 valence electrons. The molecular weight excluding hydrogens is 252 g/mol. The first-order valence-electron chi connectivity index (χ1n) is 6.81. The van der Waals surface area contributed by atoms with Crippen LogP contribution >= 0.6 is 0 Å². The highest BCUT2D eigenvalue weighted by Gasteiger charge is 2.11. The van der Waals surface area contributed by atoms with E-state index in [2.05, 4.69) is 11.9 Å². The number of benzene rings is 1. The fourth-order valence-corrected chi connectivity index (χ4v) is 1.98. The van der Waals surface area contributed by atoms with Gasteiger partial charge in [0.1, 0.15) is 11.6 Å². The third kappa shape index (κ3) is 3.71. The van der Waals surface area contributed by atoms with Gasteiger partial charge in [0.05, 0.1) is 12.7 Å². The molecule has 0 amide bonds. The second kappa shape index (κ2) is 6.91. The summed E-state index contributed by atoms with van der Waals surface area (Å²) in [5, 5.41) is 10.3. The van der Waals surface area contributed by atoms with Crippen molar-refractivity contribution in [2.75, 3.05) is 12.3 Å². The number of nitrogen functional groups attached to an aromatic ring is 1. The molecule has 0 aliphatic rings. The van der Waals surface area contributed by atoms with Gasteiger partial charge in [-0.15, -0.1) is 0 Å². The van der Waals surface area contributed by atoms with Crippen LogP contribution in [-0.2, 0) is 6.42 Å². The SMILES string of the molecule is CCCOc1cccc(C(O)Cc2cccnc2N)c1. The molecule has 0 spiro atoms. The molecular formula is C16H20N2O2. The summed E-state index contributed by atoms with van der Waals surface area (Å²) in [6.45, 7) is 2.74. The van der Waals surface area contributed by atoms with Gasteiger partial charge in [-0.25, -0.2) is 4.98 Å². The highest BCUT2D eigenvalue weighted by Crippen LogP contribution is 2.24. The average Bonchev–Trinajstić information content (AvgIpc) is 2.48. The Balaban J connectivity index is 2.09. The minimum atomic E-state index is -0.619. The lowest BCUT2D eigenvalue weighted by Gasteiger charge is -2.13. The van der Waals surface area contributed by atoms with Crippen LogP contribution in [0.15, 0.2) is 42.6 Å². The van der Waals surface area contributed by atoms with Crippen LogP contribution in [0.3, 0.4) is 0 Å². The van der Waals surface area contributed by atoms with Gasteiger partial charge in [-0.3, -0.25) is 0 Å². The summed E-state index contributed by atoms with van der Waals surface area (Å²) in [5.74, 6) is 1.24. The van der Waals surface area contributed by atoms with Crippen LogP contribution in [0, 0.1) is 0 Å². The van der Waals surface area contributed by atoms with Gasteiger partial charge in [0, 0.05) is 12.6 Å². The molecule has 0 bridgehead atoms. The van der Waals surface area contributed by atoms with E-state index in [0.717, 1.165) is 23.3 Å². The summed E-state index contributed by atoms with van der Waals surface area (Å²) in [4.78, 5) is 4.03. The van der Waals surface area contributed by atoms with Gasteiger partial charge in [0.25, 0.3) is 0 Å². The van der Waals surface area contributed by atoms with Gasteiger partial charge in [-0.05, 0) is 35.7 Å². The minimum Gasteiger partial charge on any atom is -0.494 e. The fraction of sp³-hybridized carbons (Fsp3) is 0.312.